The van der Waals surface area contributed by atoms with E-state index in [-0.39, 0.29) is 12.3 Å². The number of carbonyl (C=O) groups excluding carboxylic acids is 2. The van der Waals surface area contributed by atoms with Crippen LogP contribution in [0.2, 0.25) is 0 Å². The van der Waals surface area contributed by atoms with Gasteiger partial charge in [0.05, 0.1) is 19.9 Å². The van der Waals surface area contributed by atoms with Gasteiger partial charge in [-0.05, 0) is 17.7 Å². The first-order valence-electron chi connectivity index (χ1n) is 6.37. The minimum atomic E-state index is -0.482. The van der Waals surface area contributed by atoms with Crippen LogP contribution in [-0.2, 0) is 14.3 Å². The molecule has 0 aliphatic carbocycles. The molecule has 2 amide bonds. The number of hydrazone groups is 1. The van der Waals surface area contributed by atoms with Gasteiger partial charge in [-0.3, -0.25) is 9.59 Å². The number of hydrogen-bond acceptors (Lipinski definition) is 5. The summed E-state index contributed by atoms with van der Waals surface area (Å²) in [6.45, 7) is 0.775. The van der Waals surface area contributed by atoms with Crippen molar-refractivity contribution >= 4 is 18.0 Å². The van der Waals surface area contributed by atoms with E-state index in [1.165, 1.54) is 13.3 Å². The van der Waals surface area contributed by atoms with E-state index in [0.717, 1.165) is 5.56 Å². The summed E-state index contributed by atoms with van der Waals surface area (Å²) in [7, 11) is 3.10. The second-order valence-electron chi connectivity index (χ2n) is 4.09. The fraction of sp³-hybridized carbons (Fsp3) is 0.357. The number of methoxy groups -OCH3 is 2. The second-order valence-corrected chi connectivity index (χ2v) is 4.09. The molecule has 1 aromatic carbocycles. The number of nitrogens with one attached hydrogen (secondary N) is 2. The zero-order chi connectivity index (χ0) is 15.5. The Balaban J connectivity index is 2.34. The lowest BCUT2D eigenvalue weighted by Crippen LogP contribution is -2.31. The van der Waals surface area contributed by atoms with Crippen molar-refractivity contribution in [1.82, 2.24) is 10.7 Å². The van der Waals surface area contributed by atoms with Gasteiger partial charge in [-0.25, -0.2) is 5.43 Å². The van der Waals surface area contributed by atoms with Gasteiger partial charge in [0.2, 0.25) is 11.8 Å². The Bertz CT molecular complexity index is 503. The van der Waals surface area contributed by atoms with Crippen LogP contribution in [0.15, 0.2) is 29.4 Å². The summed E-state index contributed by atoms with van der Waals surface area (Å²) in [6.07, 6.45) is 1.20. The molecule has 0 saturated heterocycles. The molecule has 1 rings (SSSR count). The third-order valence-electron chi connectivity index (χ3n) is 2.45. The Labute approximate surface area is 123 Å². The summed E-state index contributed by atoms with van der Waals surface area (Å²) in [5, 5.41) is 6.33. The molecule has 0 fully saturated rings. The lowest BCUT2D eigenvalue weighted by molar-refractivity contribution is -0.129. The summed E-state index contributed by atoms with van der Waals surface area (Å²) < 4.78 is 9.85. The van der Waals surface area contributed by atoms with E-state index in [9.17, 15) is 9.59 Å². The molecule has 0 heterocycles. The van der Waals surface area contributed by atoms with Gasteiger partial charge in [0, 0.05) is 13.7 Å². The molecule has 0 spiro atoms. The minimum Gasteiger partial charge on any atom is -0.497 e. The van der Waals surface area contributed by atoms with Crippen molar-refractivity contribution in [2.24, 2.45) is 5.10 Å². The number of benzene rings is 1. The summed E-state index contributed by atoms with van der Waals surface area (Å²) in [4.78, 5) is 22.8. The molecule has 0 radical (unpaired) electrons. The van der Waals surface area contributed by atoms with Crippen LogP contribution in [-0.4, -0.2) is 45.4 Å². The monoisotopic (exact) mass is 293 g/mol. The van der Waals surface area contributed by atoms with Crippen LogP contribution in [0, 0.1) is 0 Å². The average molecular weight is 293 g/mol. The largest absolute Gasteiger partial charge is 0.497 e. The molecular formula is C14H19N3O4. The fourth-order valence-electron chi connectivity index (χ4n) is 1.44. The number of carbonyl (C=O) groups is 2. The Morgan fingerprint density at radius 3 is 2.81 bits per heavy atom. The first-order chi connectivity index (χ1) is 10.2. The molecule has 0 saturated carbocycles. The van der Waals surface area contributed by atoms with Crippen LogP contribution in [0.5, 0.6) is 5.75 Å². The van der Waals surface area contributed by atoms with Crippen molar-refractivity contribution in [1.29, 1.82) is 0 Å². The Kier molecular flexibility index (Phi) is 7.52. The number of amides is 2. The van der Waals surface area contributed by atoms with Gasteiger partial charge in [-0.2, -0.15) is 5.10 Å². The molecule has 0 aliphatic heterocycles. The van der Waals surface area contributed by atoms with E-state index in [0.29, 0.717) is 18.9 Å². The molecule has 0 aliphatic rings. The summed E-state index contributed by atoms with van der Waals surface area (Å²) in [5.74, 6) is -0.159. The molecular weight excluding hydrogens is 274 g/mol. The zero-order valence-electron chi connectivity index (χ0n) is 12.1. The topological polar surface area (TPSA) is 89.0 Å². The van der Waals surface area contributed by atoms with Crippen molar-refractivity contribution in [3.05, 3.63) is 29.8 Å². The van der Waals surface area contributed by atoms with Crippen molar-refractivity contribution in [2.45, 2.75) is 6.42 Å². The fourth-order valence-corrected chi connectivity index (χ4v) is 1.44. The van der Waals surface area contributed by atoms with E-state index < -0.39 is 5.91 Å². The van der Waals surface area contributed by atoms with Crippen LogP contribution in [0.4, 0.5) is 0 Å². The first kappa shape index (κ1) is 16.6. The molecule has 21 heavy (non-hydrogen) atoms. The highest BCUT2D eigenvalue weighted by Gasteiger charge is 2.07. The van der Waals surface area contributed by atoms with Crippen LogP contribution >= 0.6 is 0 Å². The number of ether oxygens (including phenoxy) is 2. The number of hydrogen-bond donors (Lipinski definition) is 2. The highest BCUT2D eigenvalue weighted by molar-refractivity contribution is 5.97. The van der Waals surface area contributed by atoms with E-state index >= 15 is 0 Å². The quantitative estimate of drug-likeness (QED) is 0.312. The predicted molar refractivity (Wildman–Crippen MR) is 78.2 cm³/mol. The van der Waals surface area contributed by atoms with Gasteiger partial charge in [0.1, 0.15) is 12.2 Å². The lowest BCUT2D eigenvalue weighted by atomic mass is 10.2. The third kappa shape index (κ3) is 7.07. The molecule has 0 bridgehead atoms. The molecule has 114 valence electrons. The van der Waals surface area contributed by atoms with Crippen LogP contribution in [0.3, 0.4) is 0 Å². The zero-order valence-corrected chi connectivity index (χ0v) is 12.1. The van der Waals surface area contributed by atoms with Crippen molar-refractivity contribution in [3.63, 3.8) is 0 Å². The Morgan fingerprint density at radius 1 is 1.29 bits per heavy atom. The van der Waals surface area contributed by atoms with Gasteiger partial charge in [0.25, 0.3) is 0 Å². The molecule has 7 nitrogen and oxygen atoms in total. The van der Waals surface area contributed by atoms with E-state index in [4.69, 9.17) is 9.47 Å². The molecule has 7 heteroatoms. The summed E-state index contributed by atoms with van der Waals surface area (Å²) >= 11 is 0. The van der Waals surface area contributed by atoms with Gasteiger partial charge in [-0.15, -0.1) is 0 Å². The highest BCUT2D eigenvalue weighted by atomic mass is 16.5. The van der Waals surface area contributed by atoms with Crippen LogP contribution in [0.1, 0.15) is 12.0 Å². The predicted octanol–water partition coefficient (Wildman–Crippen LogP) is 0.298. The first-order valence-corrected chi connectivity index (χ1v) is 6.37. The summed E-state index contributed by atoms with van der Waals surface area (Å²) in [6, 6.07) is 7.20. The standard InChI is InChI=1S/C14H19N3O4/c1-20-7-6-15-13(18)9-14(19)17-16-10-11-4-3-5-12(8-11)21-2/h3-5,8,10H,6-7,9H2,1-2H3,(H,15,18)(H,17,19). The molecule has 2 N–H and O–H groups in total. The van der Waals surface area contributed by atoms with Crippen molar-refractivity contribution in [2.75, 3.05) is 27.4 Å². The maximum atomic E-state index is 11.5. The molecule has 0 aromatic heterocycles. The normalized spacial score (nSPS) is 10.4. The van der Waals surface area contributed by atoms with Crippen molar-refractivity contribution in [3.8, 4) is 5.75 Å². The number of rotatable bonds is 8. The Morgan fingerprint density at radius 2 is 2.10 bits per heavy atom. The van der Waals surface area contributed by atoms with E-state index in [1.807, 2.05) is 12.1 Å². The van der Waals surface area contributed by atoms with Crippen LogP contribution in [0.25, 0.3) is 0 Å². The lowest BCUT2D eigenvalue weighted by Gasteiger charge is -2.03. The van der Waals surface area contributed by atoms with Crippen molar-refractivity contribution < 1.29 is 19.1 Å². The average Bonchev–Trinajstić information content (AvgIpc) is 2.47. The minimum absolute atomic E-state index is 0.279. The molecule has 0 unspecified atom stereocenters. The smallest absolute Gasteiger partial charge is 0.249 e. The number of nitrogens with zero attached hydrogens (tertiary/aromatic N) is 1. The van der Waals surface area contributed by atoms with Gasteiger partial charge < -0.3 is 14.8 Å². The highest BCUT2D eigenvalue weighted by Crippen LogP contribution is 2.10. The summed E-state index contributed by atoms with van der Waals surface area (Å²) in [5.41, 5.74) is 3.06. The molecule has 1 aromatic rings. The van der Waals surface area contributed by atoms with Gasteiger partial charge in [0.15, 0.2) is 0 Å². The third-order valence-corrected chi connectivity index (χ3v) is 2.45. The van der Waals surface area contributed by atoms with E-state index in [2.05, 4.69) is 15.8 Å². The van der Waals surface area contributed by atoms with Crippen LogP contribution < -0.4 is 15.5 Å². The second kappa shape index (κ2) is 9.49. The maximum absolute atomic E-state index is 11.5. The molecule has 0 atom stereocenters. The van der Waals surface area contributed by atoms with Gasteiger partial charge >= 0.3 is 0 Å². The Hall–Kier alpha value is -2.41. The van der Waals surface area contributed by atoms with E-state index in [1.54, 1.807) is 19.2 Å². The van der Waals surface area contributed by atoms with Gasteiger partial charge in [-0.1, -0.05) is 12.1 Å². The maximum Gasteiger partial charge on any atom is 0.249 e. The SMILES string of the molecule is COCCNC(=O)CC(=O)NN=Cc1cccc(OC)c1.